The molecule has 2 nitrogen and oxygen atoms in total. The summed E-state index contributed by atoms with van der Waals surface area (Å²) < 4.78 is 0. The van der Waals surface area contributed by atoms with Gasteiger partial charge >= 0.3 is 0 Å². The molecule has 0 radical (unpaired) electrons. The molecule has 4 heteroatoms. The zero-order valence-corrected chi connectivity index (χ0v) is 8.08. The lowest BCUT2D eigenvalue weighted by Gasteiger charge is -2.00. The molecular weight excluding hydrogens is 197 g/mol. The highest BCUT2D eigenvalue weighted by atomic mass is 35.5. The van der Waals surface area contributed by atoms with Crippen molar-refractivity contribution < 1.29 is 4.79 Å². The minimum Gasteiger partial charge on any atom is -0.366 e. The van der Waals surface area contributed by atoms with Gasteiger partial charge in [0.05, 0.1) is 10.6 Å². The van der Waals surface area contributed by atoms with E-state index >= 15 is 0 Å². The van der Waals surface area contributed by atoms with Crippen LogP contribution in [0.4, 0.5) is 0 Å². The van der Waals surface area contributed by atoms with Gasteiger partial charge in [0.25, 0.3) is 0 Å². The first-order valence-corrected chi connectivity index (χ1v) is 3.55. The van der Waals surface area contributed by atoms with Crippen LogP contribution in [0, 0.1) is 6.92 Å². The van der Waals surface area contributed by atoms with E-state index in [2.05, 4.69) is 0 Å². The second-order valence-electron chi connectivity index (χ2n) is 2.30. The molecule has 0 unspecified atom stereocenters. The van der Waals surface area contributed by atoms with Gasteiger partial charge < -0.3 is 5.73 Å². The van der Waals surface area contributed by atoms with Crippen molar-refractivity contribution in [3.05, 3.63) is 34.3 Å². The summed E-state index contributed by atoms with van der Waals surface area (Å²) in [6.07, 6.45) is 0. The fraction of sp³-hybridized carbons (Fsp3) is 0.125. The molecular formula is C8H9Cl2NO. The van der Waals surface area contributed by atoms with Crippen molar-refractivity contribution in [3.63, 3.8) is 0 Å². The molecule has 12 heavy (non-hydrogen) atoms. The quantitative estimate of drug-likeness (QED) is 0.751. The molecule has 2 N–H and O–H groups in total. The van der Waals surface area contributed by atoms with Crippen molar-refractivity contribution in [1.29, 1.82) is 0 Å². The SMILES string of the molecule is Cc1cccc(C(N)=O)c1Cl.Cl. The number of carbonyl (C=O) groups excluding carboxylic acids is 1. The number of amides is 1. The number of halogens is 2. The molecule has 0 saturated carbocycles. The van der Waals surface area contributed by atoms with Crippen LogP contribution in [-0.4, -0.2) is 5.91 Å². The van der Waals surface area contributed by atoms with Gasteiger partial charge in [0.15, 0.2) is 0 Å². The number of hydrogen-bond donors (Lipinski definition) is 1. The maximum atomic E-state index is 10.7. The van der Waals surface area contributed by atoms with Crippen molar-refractivity contribution >= 4 is 29.9 Å². The average molecular weight is 206 g/mol. The standard InChI is InChI=1S/C8H8ClNO.ClH/c1-5-3-2-4-6(7(5)9)8(10)11;/h2-4H,1H3,(H2,10,11);1H. The third kappa shape index (κ3) is 2.13. The highest BCUT2D eigenvalue weighted by molar-refractivity contribution is 6.34. The van der Waals surface area contributed by atoms with E-state index in [9.17, 15) is 4.79 Å². The lowest BCUT2D eigenvalue weighted by atomic mass is 10.1. The summed E-state index contributed by atoms with van der Waals surface area (Å²) in [6.45, 7) is 1.83. The van der Waals surface area contributed by atoms with E-state index in [1.165, 1.54) is 0 Å². The lowest BCUT2D eigenvalue weighted by Crippen LogP contribution is -2.11. The van der Waals surface area contributed by atoms with Gasteiger partial charge in [0.2, 0.25) is 5.91 Å². The highest BCUT2D eigenvalue weighted by Gasteiger charge is 2.06. The van der Waals surface area contributed by atoms with Crippen molar-refractivity contribution in [2.24, 2.45) is 5.73 Å². The molecule has 66 valence electrons. The topological polar surface area (TPSA) is 43.1 Å². The van der Waals surface area contributed by atoms with Crippen LogP contribution in [0.25, 0.3) is 0 Å². The van der Waals surface area contributed by atoms with E-state index < -0.39 is 5.91 Å². The number of aryl methyl sites for hydroxylation is 1. The summed E-state index contributed by atoms with van der Waals surface area (Å²) >= 11 is 5.79. The monoisotopic (exact) mass is 205 g/mol. The fourth-order valence-corrected chi connectivity index (χ4v) is 1.06. The van der Waals surface area contributed by atoms with Crippen LogP contribution in [0.5, 0.6) is 0 Å². The molecule has 0 atom stereocenters. The Bertz CT molecular complexity index is 299. The van der Waals surface area contributed by atoms with Crippen LogP contribution in [0.15, 0.2) is 18.2 Å². The van der Waals surface area contributed by atoms with E-state index in [1.807, 2.05) is 13.0 Å². The zero-order valence-electron chi connectivity index (χ0n) is 6.50. The maximum absolute atomic E-state index is 10.7. The van der Waals surface area contributed by atoms with E-state index in [0.29, 0.717) is 10.6 Å². The molecule has 1 aromatic rings. The zero-order chi connectivity index (χ0) is 8.43. The van der Waals surface area contributed by atoms with Crippen molar-refractivity contribution in [1.82, 2.24) is 0 Å². The summed E-state index contributed by atoms with van der Waals surface area (Å²) in [4.78, 5) is 10.7. The average Bonchev–Trinajstić information content (AvgIpc) is 1.94. The highest BCUT2D eigenvalue weighted by Crippen LogP contribution is 2.19. The Kier molecular flexibility index (Phi) is 4.07. The van der Waals surface area contributed by atoms with E-state index in [0.717, 1.165) is 5.56 Å². The second-order valence-corrected chi connectivity index (χ2v) is 2.68. The smallest absolute Gasteiger partial charge is 0.250 e. The van der Waals surface area contributed by atoms with Crippen LogP contribution < -0.4 is 5.73 Å². The van der Waals surface area contributed by atoms with E-state index in [4.69, 9.17) is 17.3 Å². The number of primary amides is 1. The van der Waals surface area contributed by atoms with Gasteiger partial charge in [-0.05, 0) is 18.6 Å². The molecule has 0 fully saturated rings. The summed E-state index contributed by atoms with van der Waals surface area (Å²) in [7, 11) is 0. The van der Waals surface area contributed by atoms with Crippen molar-refractivity contribution in [2.45, 2.75) is 6.92 Å². The largest absolute Gasteiger partial charge is 0.366 e. The Balaban J connectivity index is 0.00000121. The van der Waals surface area contributed by atoms with Gasteiger partial charge in [-0.25, -0.2) is 0 Å². The molecule has 0 aliphatic heterocycles. The molecule has 0 aromatic heterocycles. The number of benzene rings is 1. The van der Waals surface area contributed by atoms with Gasteiger partial charge in [-0.3, -0.25) is 4.79 Å². The first-order valence-electron chi connectivity index (χ1n) is 3.18. The summed E-state index contributed by atoms with van der Waals surface area (Å²) in [5.74, 6) is -0.487. The van der Waals surface area contributed by atoms with Gasteiger partial charge in [0, 0.05) is 0 Å². The van der Waals surface area contributed by atoms with Gasteiger partial charge in [-0.1, -0.05) is 23.7 Å². The minimum atomic E-state index is -0.487. The Hall–Kier alpha value is -0.730. The molecule has 1 amide bonds. The fourth-order valence-electron chi connectivity index (χ4n) is 0.838. The second kappa shape index (κ2) is 4.33. The summed E-state index contributed by atoms with van der Waals surface area (Å²) in [5, 5.41) is 0.444. The van der Waals surface area contributed by atoms with E-state index in [1.54, 1.807) is 12.1 Å². The minimum absolute atomic E-state index is 0. The van der Waals surface area contributed by atoms with Crippen molar-refractivity contribution in [2.75, 3.05) is 0 Å². The molecule has 0 spiro atoms. The molecule has 0 aliphatic rings. The Morgan fingerprint density at radius 1 is 1.50 bits per heavy atom. The predicted octanol–water partition coefficient (Wildman–Crippen LogP) is 2.17. The lowest BCUT2D eigenvalue weighted by molar-refractivity contribution is 0.100. The Labute approximate surface area is 82.1 Å². The van der Waals surface area contributed by atoms with Crippen LogP contribution in [0.1, 0.15) is 15.9 Å². The van der Waals surface area contributed by atoms with Crippen LogP contribution in [0.3, 0.4) is 0 Å². The number of carbonyl (C=O) groups is 1. The third-order valence-electron chi connectivity index (χ3n) is 1.46. The normalized spacial score (nSPS) is 8.83. The number of hydrogen-bond acceptors (Lipinski definition) is 1. The van der Waals surface area contributed by atoms with E-state index in [-0.39, 0.29) is 12.4 Å². The molecule has 0 bridgehead atoms. The van der Waals surface area contributed by atoms with Crippen molar-refractivity contribution in [3.8, 4) is 0 Å². The van der Waals surface area contributed by atoms with Gasteiger partial charge in [0.1, 0.15) is 0 Å². The Morgan fingerprint density at radius 2 is 2.08 bits per heavy atom. The number of nitrogens with two attached hydrogens (primary N) is 1. The number of rotatable bonds is 1. The van der Waals surface area contributed by atoms with Crippen LogP contribution in [-0.2, 0) is 0 Å². The van der Waals surface area contributed by atoms with Gasteiger partial charge in [-0.15, -0.1) is 12.4 Å². The molecule has 0 aliphatic carbocycles. The molecule has 1 aromatic carbocycles. The first-order chi connectivity index (χ1) is 5.13. The Morgan fingerprint density at radius 3 is 2.50 bits per heavy atom. The molecule has 1 rings (SSSR count). The predicted molar refractivity (Wildman–Crippen MR) is 52.0 cm³/mol. The van der Waals surface area contributed by atoms with Crippen LogP contribution >= 0.6 is 24.0 Å². The third-order valence-corrected chi connectivity index (χ3v) is 1.96. The summed E-state index contributed by atoms with van der Waals surface area (Å²) in [5.41, 5.74) is 6.31. The van der Waals surface area contributed by atoms with Gasteiger partial charge in [-0.2, -0.15) is 0 Å². The summed E-state index contributed by atoms with van der Waals surface area (Å²) in [6, 6.07) is 5.19. The molecule has 0 saturated heterocycles. The first kappa shape index (κ1) is 11.3. The maximum Gasteiger partial charge on any atom is 0.250 e. The van der Waals surface area contributed by atoms with Crippen LogP contribution in [0.2, 0.25) is 5.02 Å². The molecule has 0 heterocycles.